The zero-order chi connectivity index (χ0) is 24.1. The van der Waals surface area contributed by atoms with Gasteiger partial charge in [0, 0.05) is 31.1 Å². The number of pyridine rings is 1. The standard InChI is InChI=1S/C24H34N4O6/c1-2-14(12-19(29)16-13-25-9-7-20(16)33-24(31)32)22-21(28-23(30)34-22)15-6-10-27-18(11-15)17-5-3-4-8-26-17/h3-5,8,14-16,18,20-22,25,27H,2,6-7,9-13H2,1H3,(H,28,30)(H,31,32). The smallest absolute Gasteiger partial charge is 0.450 e. The molecule has 1 aromatic rings. The van der Waals surface area contributed by atoms with Crippen molar-refractivity contribution in [3.05, 3.63) is 30.1 Å². The molecule has 4 N–H and O–H groups in total. The van der Waals surface area contributed by atoms with Gasteiger partial charge in [-0.25, -0.2) is 9.59 Å². The molecular weight excluding hydrogens is 440 g/mol. The van der Waals surface area contributed by atoms with E-state index in [4.69, 9.17) is 14.6 Å². The highest BCUT2D eigenvalue weighted by molar-refractivity contribution is 5.82. The average molecular weight is 475 g/mol. The first-order valence-corrected chi connectivity index (χ1v) is 12.2. The zero-order valence-corrected chi connectivity index (χ0v) is 19.4. The predicted molar refractivity (Wildman–Crippen MR) is 122 cm³/mol. The quantitative estimate of drug-likeness (QED) is 0.418. The lowest BCUT2D eigenvalue weighted by molar-refractivity contribution is -0.129. The monoisotopic (exact) mass is 474 g/mol. The summed E-state index contributed by atoms with van der Waals surface area (Å²) in [5.41, 5.74) is 0.977. The largest absolute Gasteiger partial charge is 0.506 e. The Labute approximate surface area is 199 Å². The second-order valence-corrected chi connectivity index (χ2v) is 9.45. The topological polar surface area (TPSA) is 139 Å². The van der Waals surface area contributed by atoms with Crippen LogP contribution in [0.1, 0.15) is 50.8 Å². The van der Waals surface area contributed by atoms with Crippen LogP contribution in [0.4, 0.5) is 9.59 Å². The molecule has 0 aromatic carbocycles. The highest BCUT2D eigenvalue weighted by atomic mass is 16.7. The van der Waals surface area contributed by atoms with Crippen LogP contribution >= 0.6 is 0 Å². The summed E-state index contributed by atoms with van der Waals surface area (Å²) < 4.78 is 10.7. The third kappa shape index (κ3) is 5.67. The highest BCUT2D eigenvalue weighted by Gasteiger charge is 2.46. The van der Waals surface area contributed by atoms with Crippen LogP contribution in [-0.2, 0) is 14.3 Å². The molecule has 3 saturated heterocycles. The summed E-state index contributed by atoms with van der Waals surface area (Å²) in [6.45, 7) is 3.80. The maximum Gasteiger partial charge on any atom is 0.506 e. The minimum absolute atomic E-state index is 0.0522. The Hall–Kier alpha value is -2.72. The van der Waals surface area contributed by atoms with Gasteiger partial charge in [0.15, 0.2) is 0 Å². The summed E-state index contributed by atoms with van der Waals surface area (Å²) in [5.74, 6) is -0.557. The molecule has 4 rings (SSSR count). The van der Waals surface area contributed by atoms with Gasteiger partial charge >= 0.3 is 12.2 Å². The van der Waals surface area contributed by atoms with Crippen LogP contribution in [0.15, 0.2) is 24.4 Å². The van der Waals surface area contributed by atoms with E-state index >= 15 is 0 Å². The zero-order valence-electron chi connectivity index (χ0n) is 19.4. The number of piperidine rings is 2. The predicted octanol–water partition coefficient (Wildman–Crippen LogP) is 2.26. The molecule has 1 amide bonds. The van der Waals surface area contributed by atoms with E-state index in [-0.39, 0.29) is 36.1 Å². The number of hydrogen-bond donors (Lipinski definition) is 4. The van der Waals surface area contributed by atoms with Crippen LogP contribution in [0.5, 0.6) is 0 Å². The van der Waals surface area contributed by atoms with Gasteiger partial charge in [0.2, 0.25) is 0 Å². The summed E-state index contributed by atoms with van der Waals surface area (Å²) >= 11 is 0. The number of amides is 1. The van der Waals surface area contributed by atoms with Gasteiger partial charge in [-0.2, -0.15) is 0 Å². The maximum absolute atomic E-state index is 13.2. The molecule has 7 atom stereocenters. The SMILES string of the molecule is CCC(CC(=O)C1CNCCC1OC(=O)O)C1OC(=O)NC1C1CCNC(c2ccccn2)C1. The summed E-state index contributed by atoms with van der Waals surface area (Å²) in [5, 5.41) is 18.7. The Bertz CT molecular complexity index is 868. The number of ketones is 1. The molecule has 34 heavy (non-hydrogen) atoms. The van der Waals surface area contributed by atoms with Gasteiger partial charge in [0.1, 0.15) is 18.0 Å². The number of rotatable bonds is 8. The van der Waals surface area contributed by atoms with Crippen LogP contribution < -0.4 is 16.0 Å². The van der Waals surface area contributed by atoms with Crippen LogP contribution in [0.25, 0.3) is 0 Å². The van der Waals surface area contributed by atoms with Crippen molar-refractivity contribution >= 4 is 18.0 Å². The molecule has 4 heterocycles. The number of ether oxygens (including phenoxy) is 2. The lowest BCUT2D eigenvalue weighted by Crippen LogP contribution is -2.49. The van der Waals surface area contributed by atoms with Gasteiger partial charge < -0.3 is 30.5 Å². The van der Waals surface area contributed by atoms with Gasteiger partial charge in [0.05, 0.1) is 17.7 Å². The molecule has 3 aliphatic rings. The van der Waals surface area contributed by atoms with Gasteiger partial charge in [-0.15, -0.1) is 0 Å². The summed E-state index contributed by atoms with van der Waals surface area (Å²) in [6, 6.07) is 5.78. The van der Waals surface area contributed by atoms with Crippen LogP contribution in [0, 0.1) is 17.8 Å². The minimum atomic E-state index is -1.36. The number of alkyl carbamates (subject to hydrolysis) is 1. The first kappa shape index (κ1) is 24.4. The van der Waals surface area contributed by atoms with Gasteiger partial charge in [0.25, 0.3) is 0 Å². The van der Waals surface area contributed by atoms with E-state index in [2.05, 4.69) is 20.9 Å². The average Bonchev–Trinajstić information content (AvgIpc) is 3.24. The van der Waals surface area contributed by atoms with Crippen molar-refractivity contribution in [2.24, 2.45) is 17.8 Å². The Morgan fingerprint density at radius 2 is 2.15 bits per heavy atom. The van der Waals surface area contributed by atoms with Crippen molar-refractivity contribution < 1.29 is 29.0 Å². The molecule has 186 valence electrons. The van der Waals surface area contributed by atoms with Gasteiger partial charge in [-0.1, -0.05) is 13.0 Å². The lowest BCUT2D eigenvalue weighted by atomic mass is 9.77. The molecule has 10 heteroatoms. The number of Topliss-reactive ketones (excluding diaryl/α,β-unsaturated/α-hetero) is 1. The van der Waals surface area contributed by atoms with E-state index in [1.807, 2.05) is 25.1 Å². The second kappa shape index (κ2) is 11.1. The number of carbonyl (C=O) groups is 3. The van der Waals surface area contributed by atoms with E-state index in [9.17, 15) is 14.4 Å². The fourth-order valence-electron chi connectivity index (χ4n) is 5.63. The number of nitrogens with zero attached hydrogens (tertiary/aromatic N) is 1. The molecule has 10 nitrogen and oxygen atoms in total. The molecule has 0 bridgehead atoms. The maximum atomic E-state index is 13.2. The van der Waals surface area contributed by atoms with Crippen LogP contribution in [-0.4, -0.2) is 66.0 Å². The first-order valence-electron chi connectivity index (χ1n) is 12.2. The number of nitrogens with one attached hydrogen (secondary N) is 3. The minimum Gasteiger partial charge on any atom is -0.450 e. The molecule has 0 saturated carbocycles. The Balaban J connectivity index is 1.44. The van der Waals surface area contributed by atoms with E-state index < -0.39 is 30.4 Å². The normalized spacial score (nSPS) is 32.3. The van der Waals surface area contributed by atoms with Crippen molar-refractivity contribution in [2.75, 3.05) is 19.6 Å². The summed E-state index contributed by atoms with van der Waals surface area (Å²) in [7, 11) is 0. The molecule has 1 aromatic heterocycles. The van der Waals surface area contributed by atoms with Crippen molar-refractivity contribution in [1.82, 2.24) is 20.9 Å². The Kier molecular flexibility index (Phi) is 7.99. The van der Waals surface area contributed by atoms with E-state index in [1.54, 1.807) is 6.20 Å². The number of aromatic nitrogens is 1. The van der Waals surface area contributed by atoms with Gasteiger partial charge in [-0.3, -0.25) is 9.78 Å². The van der Waals surface area contributed by atoms with E-state index in [0.717, 1.165) is 25.1 Å². The van der Waals surface area contributed by atoms with Crippen molar-refractivity contribution in [3.8, 4) is 0 Å². The van der Waals surface area contributed by atoms with Gasteiger partial charge in [-0.05, 0) is 56.8 Å². The molecule has 0 radical (unpaired) electrons. The molecule has 0 aliphatic carbocycles. The van der Waals surface area contributed by atoms with Crippen LogP contribution in [0.2, 0.25) is 0 Å². The number of hydrogen-bond acceptors (Lipinski definition) is 8. The van der Waals surface area contributed by atoms with E-state index in [0.29, 0.717) is 25.9 Å². The molecule has 7 unspecified atom stereocenters. The van der Waals surface area contributed by atoms with Crippen molar-refractivity contribution in [2.45, 2.75) is 63.3 Å². The molecule has 3 aliphatic heterocycles. The molecular formula is C24H34N4O6. The van der Waals surface area contributed by atoms with Crippen molar-refractivity contribution in [3.63, 3.8) is 0 Å². The molecule has 0 spiro atoms. The van der Waals surface area contributed by atoms with Crippen LogP contribution in [0.3, 0.4) is 0 Å². The van der Waals surface area contributed by atoms with E-state index in [1.165, 1.54) is 0 Å². The second-order valence-electron chi connectivity index (χ2n) is 9.45. The summed E-state index contributed by atoms with van der Waals surface area (Å²) in [6.07, 6.45) is 1.97. The fraction of sp³-hybridized carbons (Fsp3) is 0.667. The fourth-order valence-corrected chi connectivity index (χ4v) is 5.63. The van der Waals surface area contributed by atoms with Crippen molar-refractivity contribution in [1.29, 1.82) is 0 Å². The third-order valence-corrected chi connectivity index (χ3v) is 7.42. The number of carboxylic acid groups (broad SMARTS) is 1. The first-order chi connectivity index (χ1) is 16.5. The molecule has 3 fully saturated rings. The Morgan fingerprint density at radius 1 is 1.29 bits per heavy atom. The lowest BCUT2D eigenvalue weighted by Gasteiger charge is -2.37. The Morgan fingerprint density at radius 3 is 2.88 bits per heavy atom. The summed E-state index contributed by atoms with van der Waals surface area (Å²) in [4.78, 5) is 41.1. The third-order valence-electron chi connectivity index (χ3n) is 7.42. The number of carbonyl (C=O) groups excluding carboxylic acids is 2. The number of cyclic esters (lactones) is 1. The highest BCUT2D eigenvalue weighted by Crippen LogP contribution is 2.36.